The van der Waals surface area contributed by atoms with Crippen molar-refractivity contribution in [3.63, 3.8) is 0 Å². The topological polar surface area (TPSA) is 46.9 Å². The highest BCUT2D eigenvalue weighted by Crippen LogP contribution is 2.20. The number of hydrogen-bond acceptors (Lipinski definition) is 2. The molecule has 0 spiro atoms. The third kappa shape index (κ3) is 1.14. The van der Waals surface area contributed by atoms with Crippen LogP contribution in [0, 0.1) is 0 Å². The van der Waals surface area contributed by atoms with E-state index in [0.717, 1.165) is 17.6 Å². The van der Waals surface area contributed by atoms with Crippen molar-refractivity contribution < 1.29 is 4.79 Å². The first-order chi connectivity index (χ1) is 7.25. The average molecular weight is 201 g/mol. The van der Waals surface area contributed by atoms with E-state index in [-0.39, 0.29) is 11.9 Å². The van der Waals surface area contributed by atoms with Crippen molar-refractivity contribution in [1.82, 2.24) is 14.9 Å². The smallest absolute Gasteiger partial charge is 0.268 e. The zero-order valence-electron chi connectivity index (χ0n) is 8.40. The minimum atomic E-state index is -0.00764. The van der Waals surface area contributed by atoms with E-state index in [9.17, 15) is 4.79 Å². The van der Waals surface area contributed by atoms with Crippen molar-refractivity contribution in [3.8, 4) is 0 Å². The zero-order valence-corrected chi connectivity index (χ0v) is 8.40. The fourth-order valence-corrected chi connectivity index (χ4v) is 2.09. The number of hydrogen-bond donors (Lipinski definition) is 1. The number of carbonyl (C=O) groups is 1. The molecule has 3 rings (SSSR count). The molecule has 1 N–H and O–H groups in total. The van der Waals surface area contributed by atoms with Crippen molar-refractivity contribution in [1.29, 1.82) is 0 Å². The van der Waals surface area contributed by atoms with Crippen molar-refractivity contribution in [3.05, 3.63) is 30.1 Å². The fourth-order valence-electron chi connectivity index (χ4n) is 2.09. The van der Waals surface area contributed by atoms with E-state index < -0.39 is 0 Å². The molecule has 1 aliphatic heterocycles. The molecule has 1 aliphatic rings. The fraction of sp³-hybridized carbons (Fsp3) is 0.273. The van der Waals surface area contributed by atoms with Gasteiger partial charge in [0.25, 0.3) is 5.91 Å². The summed E-state index contributed by atoms with van der Waals surface area (Å²) < 4.78 is 2.03. The molecule has 0 unspecified atom stereocenters. The van der Waals surface area contributed by atoms with Gasteiger partial charge in [-0.15, -0.1) is 0 Å². The molecule has 2 aromatic heterocycles. The second-order valence-electron chi connectivity index (χ2n) is 3.92. The molecule has 1 atom stereocenters. The number of pyridine rings is 1. The third-order valence-corrected chi connectivity index (χ3v) is 2.74. The Morgan fingerprint density at radius 1 is 1.60 bits per heavy atom. The lowest BCUT2D eigenvalue weighted by molar-refractivity contribution is 0.0907. The maximum absolute atomic E-state index is 11.7. The molecule has 0 aromatic carbocycles. The first kappa shape index (κ1) is 8.47. The highest BCUT2D eigenvalue weighted by Gasteiger charge is 2.23. The van der Waals surface area contributed by atoms with Crippen molar-refractivity contribution >= 4 is 16.9 Å². The second kappa shape index (κ2) is 2.82. The van der Waals surface area contributed by atoms with Crippen LogP contribution in [-0.2, 0) is 6.54 Å². The summed E-state index contributed by atoms with van der Waals surface area (Å²) in [6, 6.07) is 5.92. The van der Waals surface area contributed by atoms with Gasteiger partial charge in [-0.05, 0) is 25.1 Å². The van der Waals surface area contributed by atoms with Gasteiger partial charge in [0.2, 0.25) is 0 Å². The number of aromatic nitrogens is 2. The number of fused-ring (bicyclic) bond motifs is 3. The Hall–Kier alpha value is -1.84. The van der Waals surface area contributed by atoms with Crippen molar-refractivity contribution in [2.45, 2.75) is 19.5 Å². The van der Waals surface area contributed by atoms with Gasteiger partial charge in [0.15, 0.2) is 0 Å². The molecular formula is C11H11N3O. The summed E-state index contributed by atoms with van der Waals surface area (Å²) in [6.45, 7) is 2.82. The molecular weight excluding hydrogens is 190 g/mol. The highest BCUT2D eigenvalue weighted by atomic mass is 16.2. The van der Waals surface area contributed by atoms with E-state index in [2.05, 4.69) is 10.3 Å². The maximum Gasteiger partial charge on any atom is 0.268 e. The minimum Gasteiger partial charge on any atom is -0.347 e. The van der Waals surface area contributed by atoms with Gasteiger partial charge in [-0.2, -0.15) is 0 Å². The van der Waals surface area contributed by atoms with E-state index in [1.165, 1.54) is 0 Å². The Morgan fingerprint density at radius 3 is 3.33 bits per heavy atom. The van der Waals surface area contributed by atoms with Crippen LogP contribution in [0.3, 0.4) is 0 Å². The van der Waals surface area contributed by atoms with Crippen molar-refractivity contribution in [2.24, 2.45) is 0 Å². The molecule has 0 saturated carbocycles. The van der Waals surface area contributed by atoms with Crippen LogP contribution < -0.4 is 5.32 Å². The molecule has 4 nitrogen and oxygen atoms in total. The van der Waals surface area contributed by atoms with Gasteiger partial charge in [0, 0.05) is 18.8 Å². The number of nitrogens with zero attached hydrogens (tertiary/aromatic N) is 2. The van der Waals surface area contributed by atoms with Gasteiger partial charge in [0.05, 0.1) is 11.0 Å². The van der Waals surface area contributed by atoms with Gasteiger partial charge in [-0.3, -0.25) is 9.78 Å². The first-order valence-corrected chi connectivity index (χ1v) is 5.01. The Morgan fingerprint density at radius 2 is 2.47 bits per heavy atom. The third-order valence-electron chi connectivity index (χ3n) is 2.74. The standard InChI is InChI=1S/C11H11N3O/c1-7-6-14-9-3-2-4-12-8(9)5-10(14)11(15)13-7/h2-5,7H,6H2,1H3,(H,13,15)/t7-/m0/s1. The molecule has 0 fully saturated rings. The average Bonchev–Trinajstić information content (AvgIpc) is 2.57. The molecule has 3 heterocycles. The van der Waals surface area contributed by atoms with Gasteiger partial charge >= 0.3 is 0 Å². The van der Waals surface area contributed by atoms with Crippen LogP contribution in [-0.4, -0.2) is 21.5 Å². The van der Waals surface area contributed by atoms with Crippen LogP contribution in [0.25, 0.3) is 11.0 Å². The molecule has 76 valence electrons. The molecule has 4 heteroatoms. The van der Waals surface area contributed by atoms with Gasteiger partial charge in [-0.1, -0.05) is 0 Å². The van der Waals surface area contributed by atoms with Crippen LogP contribution >= 0.6 is 0 Å². The molecule has 2 aromatic rings. The van der Waals surface area contributed by atoms with Crippen molar-refractivity contribution in [2.75, 3.05) is 0 Å². The van der Waals surface area contributed by atoms with Gasteiger partial charge < -0.3 is 9.88 Å². The van der Waals surface area contributed by atoms with Crippen LogP contribution in [0.15, 0.2) is 24.4 Å². The number of amides is 1. The quantitative estimate of drug-likeness (QED) is 0.695. The van der Waals surface area contributed by atoms with Gasteiger partial charge in [-0.25, -0.2) is 0 Å². The summed E-state index contributed by atoms with van der Waals surface area (Å²) in [4.78, 5) is 16.0. The summed E-state index contributed by atoms with van der Waals surface area (Å²) >= 11 is 0. The lowest BCUT2D eigenvalue weighted by Crippen LogP contribution is -2.42. The minimum absolute atomic E-state index is 0.00764. The van der Waals surface area contributed by atoms with E-state index in [4.69, 9.17) is 0 Å². The van der Waals surface area contributed by atoms with E-state index >= 15 is 0 Å². The van der Waals surface area contributed by atoms with E-state index in [1.807, 2.05) is 29.7 Å². The zero-order chi connectivity index (χ0) is 10.4. The number of carbonyl (C=O) groups excluding carboxylic acids is 1. The molecule has 15 heavy (non-hydrogen) atoms. The summed E-state index contributed by atoms with van der Waals surface area (Å²) in [5, 5.41) is 2.91. The normalized spacial score (nSPS) is 20.1. The largest absolute Gasteiger partial charge is 0.347 e. The Kier molecular flexibility index (Phi) is 1.59. The molecule has 0 saturated heterocycles. The molecule has 0 bridgehead atoms. The summed E-state index contributed by atoms with van der Waals surface area (Å²) in [5.74, 6) is -0.00764. The predicted octanol–water partition coefficient (Wildman–Crippen LogP) is 1.17. The lowest BCUT2D eigenvalue weighted by Gasteiger charge is -2.22. The Balaban J connectivity index is 2.32. The predicted molar refractivity (Wildman–Crippen MR) is 56.7 cm³/mol. The summed E-state index contributed by atoms with van der Waals surface area (Å²) in [7, 11) is 0. The summed E-state index contributed by atoms with van der Waals surface area (Å²) in [5.41, 5.74) is 2.63. The van der Waals surface area contributed by atoms with E-state index in [0.29, 0.717) is 5.69 Å². The van der Waals surface area contributed by atoms with Crippen LogP contribution in [0.2, 0.25) is 0 Å². The number of nitrogens with one attached hydrogen (secondary N) is 1. The monoisotopic (exact) mass is 201 g/mol. The van der Waals surface area contributed by atoms with Gasteiger partial charge in [0.1, 0.15) is 5.69 Å². The highest BCUT2D eigenvalue weighted by molar-refractivity contribution is 5.98. The summed E-state index contributed by atoms with van der Waals surface area (Å²) in [6.07, 6.45) is 1.75. The number of rotatable bonds is 0. The molecule has 0 radical (unpaired) electrons. The van der Waals surface area contributed by atoms with Crippen LogP contribution in [0.5, 0.6) is 0 Å². The molecule has 0 aliphatic carbocycles. The Labute approximate surface area is 86.9 Å². The van der Waals surface area contributed by atoms with Crippen LogP contribution in [0.1, 0.15) is 17.4 Å². The maximum atomic E-state index is 11.7. The van der Waals surface area contributed by atoms with E-state index in [1.54, 1.807) is 6.20 Å². The van der Waals surface area contributed by atoms with Crippen LogP contribution in [0.4, 0.5) is 0 Å². The molecule has 1 amide bonds. The SMILES string of the molecule is C[C@H]1Cn2c(cc3ncccc32)C(=O)N1. The first-order valence-electron chi connectivity index (χ1n) is 5.01. The lowest BCUT2D eigenvalue weighted by atomic mass is 10.2. The second-order valence-corrected chi connectivity index (χ2v) is 3.92. The Bertz CT molecular complexity index is 544.